The molecule has 0 amide bonds. The van der Waals surface area contributed by atoms with Crippen molar-refractivity contribution in [2.24, 2.45) is 0 Å². The van der Waals surface area contributed by atoms with Crippen molar-refractivity contribution in [1.82, 2.24) is 19.9 Å². The van der Waals surface area contributed by atoms with Crippen LogP contribution in [-0.2, 0) is 0 Å². The van der Waals surface area contributed by atoms with E-state index in [1.54, 1.807) is 0 Å². The summed E-state index contributed by atoms with van der Waals surface area (Å²) in [5.74, 6) is 3.93. The van der Waals surface area contributed by atoms with Crippen LogP contribution in [0, 0.1) is 0 Å². The van der Waals surface area contributed by atoms with Crippen LogP contribution in [-0.4, -0.2) is 70.6 Å². The summed E-state index contributed by atoms with van der Waals surface area (Å²) >= 11 is 2.02. The maximum atomic E-state index is 5.78. The van der Waals surface area contributed by atoms with E-state index in [0.717, 1.165) is 39.3 Å². The first-order valence-corrected chi connectivity index (χ1v) is 8.68. The van der Waals surface area contributed by atoms with E-state index in [1.807, 2.05) is 11.8 Å². The number of aromatic nitrogens is 3. The molecule has 0 unspecified atom stereocenters. The van der Waals surface area contributed by atoms with Crippen molar-refractivity contribution in [3.63, 3.8) is 0 Å². The van der Waals surface area contributed by atoms with Crippen molar-refractivity contribution >= 4 is 29.6 Å². The highest BCUT2D eigenvalue weighted by Gasteiger charge is 2.11. The van der Waals surface area contributed by atoms with E-state index >= 15 is 0 Å². The van der Waals surface area contributed by atoms with Crippen LogP contribution in [0.5, 0.6) is 0 Å². The number of hydrogen-bond donors (Lipinski definition) is 2. The van der Waals surface area contributed by atoms with Crippen LogP contribution >= 0.6 is 11.8 Å². The molecule has 1 aromatic rings. The molecule has 8 heteroatoms. The largest absolute Gasteiger partial charge is 0.368 e. The first kappa shape index (κ1) is 16.1. The third-order valence-corrected chi connectivity index (χ3v) is 4.44. The number of anilines is 3. The number of rotatable bonds is 7. The fourth-order valence-electron chi connectivity index (χ4n) is 2.26. The zero-order chi connectivity index (χ0) is 15.1. The molecule has 2 rings (SSSR count). The van der Waals surface area contributed by atoms with Crippen molar-refractivity contribution in [2.75, 3.05) is 66.7 Å². The molecule has 1 aliphatic heterocycles. The molecular weight excluding hydrogens is 286 g/mol. The Balaban J connectivity index is 1.90. The highest BCUT2D eigenvalue weighted by Crippen LogP contribution is 2.12. The predicted octanol–water partition coefficient (Wildman–Crippen LogP) is 0.761. The number of hydrogen-bond acceptors (Lipinski definition) is 8. The third-order valence-electron chi connectivity index (χ3n) is 3.50. The van der Waals surface area contributed by atoms with Gasteiger partial charge >= 0.3 is 0 Å². The van der Waals surface area contributed by atoms with Gasteiger partial charge in [-0.3, -0.25) is 4.90 Å². The van der Waals surface area contributed by atoms with Gasteiger partial charge in [-0.15, -0.1) is 0 Å². The van der Waals surface area contributed by atoms with Gasteiger partial charge in [0.1, 0.15) is 0 Å². The van der Waals surface area contributed by atoms with Gasteiger partial charge < -0.3 is 16.0 Å². The number of nitrogens with zero attached hydrogens (tertiary/aromatic N) is 5. The van der Waals surface area contributed by atoms with Gasteiger partial charge in [-0.1, -0.05) is 0 Å². The van der Waals surface area contributed by atoms with E-state index in [0.29, 0.717) is 11.9 Å². The Kier molecular flexibility index (Phi) is 6.31. The molecule has 0 aromatic carbocycles. The Hall–Kier alpha value is -1.28. The van der Waals surface area contributed by atoms with Gasteiger partial charge in [0, 0.05) is 50.8 Å². The lowest BCUT2D eigenvalue weighted by molar-refractivity contribution is 0.314. The topological polar surface area (TPSA) is 83.2 Å². The minimum Gasteiger partial charge on any atom is -0.368 e. The van der Waals surface area contributed by atoms with E-state index in [4.69, 9.17) is 5.73 Å². The molecule has 1 aromatic heterocycles. The smallest absolute Gasteiger partial charge is 0.231 e. The molecule has 1 aliphatic rings. The Morgan fingerprint density at radius 1 is 1.19 bits per heavy atom. The molecule has 21 heavy (non-hydrogen) atoms. The second-order valence-electron chi connectivity index (χ2n) is 4.87. The average Bonchev–Trinajstić information content (AvgIpc) is 2.49. The first-order chi connectivity index (χ1) is 10.2. The second kappa shape index (κ2) is 8.23. The fraction of sp³-hybridized carbons (Fsp3) is 0.769. The average molecular weight is 311 g/mol. The quantitative estimate of drug-likeness (QED) is 0.764. The molecule has 0 atom stereocenters. The van der Waals surface area contributed by atoms with E-state index in [2.05, 4.69) is 43.9 Å². The fourth-order valence-corrected chi connectivity index (χ4v) is 3.24. The Labute approximate surface area is 130 Å². The van der Waals surface area contributed by atoms with Crippen LogP contribution in [0.25, 0.3) is 0 Å². The Morgan fingerprint density at radius 3 is 2.57 bits per heavy atom. The summed E-state index contributed by atoms with van der Waals surface area (Å²) in [6.45, 7) is 10.0. The second-order valence-corrected chi connectivity index (χ2v) is 6.10. The van der Waals surface area contributed by atoms with Crippen molar-refractivity contribution in [3.8, 4) is 0 Å². The van der Waals surface area contributed by atoms with Gasteiger partial charge in [0.25, 0.3) is 0 Å². The molecule has 0 saturated carbocycles. The highest BCUT2D eigenvalue weighted by atomic mass is 32.2. The molecule has 3 N–H and O–H groups in total. The minimum absolute atomic E-state index is 0.267. The highest BCUT2D eigenvalue weighted by molar-refractivity contribution is 7.99. The van der Waals surface area contributed by atoms with Gasteiger partial charge in [0.2, 0.25) is 17.8 Å². The van der Waals surface area contributed by atoms with Gasteiger partial charge in [-0.2, -0.15) is 26.7 Å². The van der Waals surface area contributed by atoms with Crippen LogP contribution in [0.3, 0.4) is 0 Å². The number of thioether (sulfide) groups is 1. The van der Waals surface area contributed by atoms with Crippen LogP contribution < -0.4 is 16.0 Å². The summed E-state index contributed by atoms with van der Waals surface area (Å²) in [7, 11) is 0. The summed E-state index contributed by atoms with van der Waals surface area (Å²) in [4.78, 5) is 17.3. The number of nitrogens with two attached hydrogens (primary N) is 1. The van der Waals surface area contributed by atoms with Gasteiger partial charge in [0.15, 0.2) is 0 Å². The lowest BCUT2D eigenvalue weighted by Crippen LogP contribution is -2.36. The SMILES string of the molecule is CCN(CC)c1nc(N)nc(NCCN2CCSCC2)n1. The Morgan fingerprint density at radius 2 is 1.90 bits per heavy atom. The molecule has 7 nitrogen and oxygen atoms in total. The summed E-state index contributed by atoms with van der Waals surface area (Å²) in [5, 5.41) is 3.26. The summed E-state index contributed by atoms with van der Waals surface area (Å²) < 4.78 is 0. The van der Waals surface area contributed by atoms with E-state index in [9.17, 15) is 0 Å². The normalized spacial score (nSPS) is 15.9. The van der Waals surface area contributed by atoms with Crippen LogP contribution in [0.15, 0.2) is 0 Å². The maximum absolute atomic E-state index is 5.78. The van der Waals surface area contributed by atoms with Crippen molar-refractivity contribution in [2.45, 2.75) is 13.8 Å². The van der Waals surface area contributed by atoms with Crippen LogP contribution in [0.4, 0.5) is 17.8 Å². The first-order valence-electron chi connectivity index (χ1n) is 7.53. The summed E-state index contributed by atoms with van der Waals surface area (Å²) in [6, 6.07) is 0. The molecule has 2 heterocycles. The van der Waals surface area contributed by atoms with Crippen LogP contribution in [0.2, 0.25) is 0 Å². The van der Waals surface area contributed by atoms with Crippen molar-refractivity contribution < 1.29 is 0 Å². The summed E-state index contributed by atoms with van der Waals surface area (Å²) in [5.41, 5.74) is 5.78. The standard InChI is InChI=1S/C13H25N7S/c1-3-20(4-2)13-17-11(14)16-12(18-13)15-5-6-19-7-9-21-10-8-19/h3-10H2,1-2H3,(H3,14,15,16,17,18). The zero-order valence-corrected chi connectivity index (χ0v) is 13.7. The summed E-state index contributed by atoms with van der Waals surface area (Å²) in [6.07, 6.45) is 0. The molecule has 1 fully saturated rings. The number of nitrogen functional groups attached to an aromatic ring is 1. The van der Waals surface area contributed by atoms with Crippen molar-refractivity contribution in [3.05, 3.63) is 0 Å². The predicted molar refractivity (Wildman–Crippen MR) is 90.1 cm³/mol. The molecule has 1 saturated heterocycles. The Bertz CT molecular complexity index is 433. The lowest BCUT2D eigenvalue weighted by atomic mass is 10.4. The minimum atomic E-state index is 0.267. The van der Waals surface area contributed by atoms with Crippen molar-refractivity contribution in [1.29, 1.82) is 0 Å². The molecule has 0 radical (unpaired) electrons. The van der Waals surface area contributed by atoms with Gasteiger partial charge in [-0.05, 0) is 13.8 Å². The maximum Gasteiger partial charge on any atom is 0.231 e. The molecule has 0 spiro atoms. The van der Waals surface area contributed by atoms with Gasteiger partial charge in [0.05, 0.1) is 0 Å². The molecular formula is C13H25N7S. The van der Waals surface area contributed by atoms with E-state index in [-0.39, 0.29) is 5.95 Å². The van der Waals surface area contributed by atoms with E-state index < -0.39 is 0 Å². The lowest BCUT2D eigenvalue weighted by Gasteiger charge is -2.26. The molecule has 0 bridgehead atoms. The van der Waals surface area contributed by atoms with Gasteiger partial charge in [-0.25, -0.2) is 0 Å². The van der Waals surface area contributed by atoms with Crippen LogP contribution in [0.1, 0.15) is 13.8 Å². The molecule has 118 valence electrons. The zero-order valence-electron chi connectivity index (χ0n) is 12.9. The monoisotopic (exact) mass is 311 g/mol. The third kappa shape index (κ3) is 4.89. The molecule has 0 aliphatic carbocycles. The number of nitrogens with one attached hydrogen (secondary N) is 1. The van der Waals surface area contributed by atoms with E-state index in [1.165, 1.54) is 11.5 Å².